The minimum absolute atomic E-state index is 0.108. The van der Waals surface area contributed by atoms with Crippen LogP contribution in [0.3, 0.4) is 0 Å². The van der Waals surface area contributed by atoms with Crippen molar-refractivity contribution >= 4 is 27.5 Å². The number of para-hydroxylation sites is 1. The maximum Gasteiger partial charge on any atom is 0.151 e. The van der Waals surface area contributed by atoms with E-state index in [9.17, 15) is 5.11 Å². The highest BCUT2D eigenvalue weighted by atomic mass is 79.9. The van der Waals surface area contributed by atoms with Crippen molar-refractivity contribution in [2.45, 2.75) is 26.4 Å². The van der Waals surface area contributed by atoms with Gasteiger partial charge in [-0.1, -0.05) is 53.5 Å². The summed E-state index contributed by atoms with van der Waals surface area (Å²) in [6.45, 7) is 4.10. The molecule has 0 aromatic heterocycles. The van der Waals surface area contributed by atoms with Crippen LogP contribution in [0.1, 0.15) is 30.9 Å². The topological polar surface area (TPSA) is 29.5 Å². The average molecular weight is 356 g/mol. The molecular weight excluding hydrogens is 340 g/mol. The summed E-state index contributed by atoms with van der Waals surface area (Å²) in [5.74, 6) is 1.59. The number of hydrogen-bond donors (Lipinski definition) is 1. The molecule has 0 fully saturated rings. The molecule has 0 spiro atoms. The van der Waals surface area contributed by atoms with Gasteiger partial charge in [-0.3, -0.25) is 0 Å². The van der Waals surface area contributed by atoms with Gasteiger partial charge in [-0.25, -0.2) is 0 Å². The third-order valence-electron chi connectivity index (χ3n) is 3.02. The van der Waals surface area contributed by atoms with E-state index in [2.05, 4.69) is 29.8 Å². The van der Waals surface area contributed by atoms with E-state index < -0.39 is 0 Å². The molecule has 0 saturated carbocycles. The lowest BCUT2D eigenvalue weighted by atomic mass is 10.0. The molecule has 0 saturated heterocycles. The average Bonchev–Trinajstić information content (AvgIpc) is 2.42. The van der Waals surface area contributed by atoms with Gasteiger partial charge in [-0.05, 0) is 35.7 Å². The van der Waals surface area contributed by atoms with E-state index >= 15 is 0 Å². The highest BCUT2D eigenvalue weighted by Crippen LogP contribution is 2.37. The summed E-state index contributed by atoms with van der Waals surface area (Å²) in [7, 11) is 0. The summed E-state index contributed by atoms with van der Waals surface area (Å²) in [5, 5.41) is 9.89. The highest BCUT2D eigenvalue weighted by molar-refractivity contribution is 9.10. The zero-order valence-electron chi connectivity index (χ0n) is 11.4. The van der Waals surface area contributed by atoms with Crippen molar-refractivity contribution in [1.29, 1.82) is 0 Å². The fourth-order valence-corrected chi connectivity index (χ4v) is 2.58. The van der Waals surface area contributed by atoms with Crippen LogP contribution in [0.5, 0.6) is 11.5 Å². The van der Waals surface area contributed by atoms with Crippen molar-refractivity contribution in [2.75, 3.05) is 0 Å². The van der Waals surface area contributed by atoms with Crippen molar-refractivity contribution in [3.8, 4) is 11.5 Å². The third-order valence-corrected chi connectivity index (χ3v) is 3.82. The molecule has 0 aliphatic heterocycles. The Balaban J connectivity index is 2.45. The highest BCUT2D eigenvalue weighted by Gasteiger charge is 2.13. The molecule has 2 nitrogen and oxygen atoms in total. The Morgan fingerprint density at radius 3 is 2.65 bits per heavy atom. The lowest BCUT2D eigenvalue weighted by Gasteiger charge is -2.16. The van der Waals surface area contributed by atoms with Crippen LogP contribution in [-0.2, 0) is 6.61 Å². The van der Waals surface area contributed by atoms with E-state index in [-0.39, 0.29) is 6.61 Å². The van der Waals surface area contributed by atoms with E-state index in [0.717, 1.165) is 15.8 Å². The van der Waals surface area contributed by atoms with Crippen molar-refractivity contribution in [3.05, 3.63) is 57.0 Å². The van der Waals surface area contributed by atoms with Gasteiger partial charge in [0.15, 0.2) is 5.75 Å². The molecule has 0 radical (unpaired) electrons. The zero-order chi connectivity index (χ0) is 14.7. The Bertz CT molecular complexity index is 611. The first kappa shape index (κ1) is 15.4. The minimum atomic E-state index is -0.108. The molecular formula is C16H16BrClO2. The number of aliphatic hydroxyl groups excluding tert-OH is 1. The maximum atomic E-state index is 9.40. The van der Waals surface area contributed by atoms with E-state index in [0.29, 0.717) is 22.3 Å². The van der Waals surface area contributed by atoms with Gasteiger partial charge < -0.3 is 9.84 Å². The van der Waals surface area contributed by atoms with Crippen LogP contribution < -0.4 is 4.74 Å². The van der Waals surface area contributed by atoms with Crippen LogP contribution in [0.25, 0.3) is 0 Å². The molecule has 20 heavy (non-hydrogen) atoms. The summed E-state index contributed by atoms with van der Waals surface area (Å²) < 4.78 is 6.98. The van der Waals surface area contributed by atoms with Gasteiger partial charge in [0.05, 0.1) is 11.6 Å². The predicted molar refractivity (Wildman–Crippen MR) is 85.7 cm³/mol. The van der Waals surface area contributed by atoms with Crippen molar-refractivity contribution in [3.63, 3.8) is 0 Å². The molecule has 0 heterocycles. The monoisotopic (exact) mass is 354 g/mol. The van der Waals surface area contributed by atoms with Crippen LogP contribution in [0.2, 0.25) is 5.02 Å². The number of halogens is 2. The van der Waals surface area contributed by atoms with E-state index in [4.69, 9.17) is 16.3 Å². The summed E-state index contributed by atoms with van der Waals surface area (Å²) in [6, 6.07) is 11.2. The molecule has 0 amide bonds. The van der Waals surface area contributed by atoms with Gasteiger partial charge in [0.25, 0.3) is 0 Å². The van der Waals surface area contributed by atoms with Gasteiger partial charge in [0.1, 0.15) is 5.75 Å². The molecule has 0 atom stereocenters. The van der Waals surface area contributed by atoms with Gasteiger partial charge in [0.2, 0.25) is 0 Å². The van der Waals surface area contributed by atoms with Crippen LogP contribution in [0, 0.1) is 0 Å². The third kappa shape index (κ3) is 3.35. The van der Waals surface area contributed by atoms with Gasteiger partial charge in [0, 0.05) is 10.0 Å². The number of hydrogen-bond acceptors (Lipinski definition) is 2. The molecule has 2 rings (SSSR count). The molecule has 2 aromatic carbocycles. The first-order chi connectivity index (χ1) is 9.52. The van der Waals surface area contributed by atoms with E-state index in [1.165, 1.54) is 0 Å². The number of benzene rings is 2. The Hall–Kier alpha value is -1.03. The van der Waals surface area contributed by atoms with Crippen molar-refractivity contribution in [2.24, 2.45) is 0 Å². The largest absolute Gasteiger partial charge is 0.455 e. The second-order valence-electron chi connectivity index (χ2n) is 4.83. The summed E-state index contributed by atoms with van der Waals surface area (Å²) in [4.78, 5) is 0. The molecule has 2 aromatic rings. The number of aliphatic hydroxyl groups is 1. The SMILES string of the molecule is CC(C)c1cc(Br)ccc1Oc1c(Cl)cccc1CO. The Kier molecular flexibility index (Phi) is 5.08. The summed E-state index contributed by atoms with van der Waals surface area (Å²) >= 11 is 9.65. The van der Waals surface area contributed by atoms with E-state index in [1.54, 1.807) is 18.2 Å². The Labute approximate surface area is 132 Å². The van der Waals surface area contributed by atoms with Crippen LogP contribution >= 0.6 is 27.5 Å². The molecule has 1 N–H and O–H groups in total. The van der Waals surface area contributed by atoms with Crippen molar-refractivity contribution < 1.29 is 9.84 Å². The fraction of sp³-hybridized carbons (Fsp3) is 0.250. The minimum Gasteiger partial charge on any atom is -0.455 e. The molecule has 0 aliphatic carbocycles. The quantitative estimate of drug-likeness (QED) is 0.783. The van der Waals surface area contributed by atoms with Gasteiger partial charge >= 0.3 is 0 Å². The van der Waals surface area contributed by atoms with Gasteiger partial charge in [-0.2, -0.15) is 0 Å². The number of ether oxygens (including phenoxy) is 1. The van der Waals surface area contributed by atoms with Crippen LogP contribution in [0.15, 0.2) is 40.9 Å². The molecule has 0 bridgehead atoms. The predicted octanol–water partition coefficient (Wildman–Crippen LogP) is 5.51. The lowest BCUT2D eigenvalue weighted by molar-refractivity contribution is 0.276. The maximum absolute atomic E-state index is 9.40. The van der Waals surface area contributed by atoms with Crippen LogP contribution in [0.4, 0.5) is 0 Å². The Morgan fingerprint density at radius 2 is 2.00 bits per heavy atom. The molecule has 106 valence electrons. The first-order valence-electron chi connectivity index (χ1n) is 6.38. The zero-order valence-corrected chi connectivity index (χ0v) is 13.7. The Morgan fingerprint density at radius 1 is 1.25 bits per heavy atom. The van der Waals surface area contributed by atoms with Crippen molar-refractivity contribution in [1.82, 2.24) is 0 Å². The summed E-state index contributed by atoms with van der Waals surface area (Å²) in [6.07, 6.45) is 0. The second-order valence-corrected chi connectivity index (χ2v) is 6.15. The standard InChI is InChI=1S/C16H16BrClO2/c1-10(2)13-8-12(17)6-7-15(13)20-16-11(9-19)4-3-5-14(16)18/h3-8,10,19H,9H2,1-2H3. The number of rotatable bonds is 4. The normalized spacial score (nSPS) is 10.9. The second kappa shape index (κ2) is 6.61. The summed E-state index contributed by atoms with van der Waals surface area (Å²) in [5.41, 5.74) is 1.76. The smallest absolute Gasteiger partial charge is 0.151 e. The lowest BCUT2D eigenvalue weighted by Crippen LogP contribution is -1.97. The van der Waals surface area contributed by atoms with Crippen LogP contribution in [-0.4, -0.2) is 5.11 Å². The molecule has 0 unspecified atom stereocenters. The van der Waals surface area contributed by atoms with E-state index in [1.807, 2.05) is 18.2 Å². The fourth-order valence-electron chi connectivity index (χ4n) is 1.97. The van der Waals surface area contributed by atoms with Gasteiger partial charge in [-0.15, -0.1) is 0 Å². The molecule has 0 aliphatic rings. The molecule has 4 heteroatoms. The first-order valence-corrected chi connectivity index (χ1v) is 7.55.